The lowest BCUT2D eigenvalue weighted by atomic mass is 9.97. The molecule has 1 aromatic heterocycles. The smallest absolute Gasteiger partial charge is 0.289 e. The Labute approximate surface area is 152 Å². The Bertz CT molecular complexity index is 899. The number of benzene rings is 1. The van der Waals surface area contributed by atoms with Crippen LogP contribution in [-0.2, 0) is 7.05 Å². The number of allylic oxidation sites excluding steroid dienone is 4. The van der Waals surface area contributed by atoms with Crippen LogP contribution in [0.2, 0.25) is 0 Å². The van der Waals surface area contributed by atoms with Gasteiger partial charge in [0.25, 0.3) is 5.91 Å². The fourth-order valence-corrected chi connectivity index (χ4v) is 2.97. The van der Waals surface area contributed by atoms with Crippen molar-refractivity contribution < 1.29 is 9.90 Å². The van der Waals surface area contributed by atoms with E-state index in [1.54, 1.807) is 24.0 Å². The Hall–Kier alpha value is -3.15. The van der Waals surface area contributed by atoms with Crippen molar-refractivity contribution in [3.8, 4) is 5.75 Å². The zero-order valence-electron chi connectivity index (χ0n) is 15.1. The maximum Gasteiger partial charge on any atom is 0.289 e. The average molecular weight is 350 g/mol. The molecule has 0 saturated carbocycles. The summed E-state index contributed by atoms with van der Waals surface area (Å²) in [5, 5.41) is 18.3. The highest BCUT2D eigenvalue weighted by Crippen LogP contribution is 2.24. The van der Waals surface area contributed by atoms with Gasteiger partial charge in [0.15, 0.2) is 0 Å². The van der Waals surface area contributed by atoms with E-state index < -0.39 is 0 Å². The van der Waals surface area contributed by atoms with E-state index in [0.717, 1.165) is 28.8 Å². The number of amides is 1. The molecule has 0 bridgehead atoms. The first-order valence-corrected chi connectivity index (χ1v) is 8.46. The molecule has 1 aromatic carbocycles. The van der Waals surface area contributed by atoms with Crippen molar-refractivity contribution >= 4 is 12.1 Å². The molecule has 0 spiro atoms. The predicted octanol–water partition coefficient (Wildman–Crippen LogP) is 3.11. The van der Waals surface area contributed by atoms with E-state index in [1.807, 2.05) is 38.1 Å². The molecule has 0 radical (unpaired) electrons. The van der Waals surface area contributed by atoms with Crippen molar-refractivity contribution in [3.63, 3.8) is 0 Å². The van der Waals surface area contributed by atoms with E-state index in [-0.39, 0.29) is 17.6 Å². The minimum absolute atomic E-state index is 0.194. The summed E-state index contributed by atoms with van der Waals surface area (Å²) in [5.74, 6) is 0.157. The van der Waals surface area contributed by atoms with Crippen LogP contribution in [0.1, 0.15) is 45.2 Å². The predicted molar refractivity (Wildman–Crippen MR) is 101 cm³/mol. The highest BCUT2D eigenvalue weighted by atomic mass is 16.3. The Balaban J connectivity index is 1.69. The zero-order valence-corrected chi connectivity index (χ0v) is 15.1. The third-order valence-electron chi connectivity index (χ3n) is 4.38. The number of carbonyl (C=O) groups is 1. The second-order valence-electron chi connectivity index (χ2n) is 6.44. The van der Waals surface area contributed by atoms with E-state index in [4.69, 9.17) is 0 Å². The molecule has 26 heavy (non-hydrogen) atoms. The first kappa shape index (κ1) is 17.7. The number of phenols is 1. The maximum absolute atomic E-state index is 12.4. The molecule has 6 heteroatoms. The quantitative estimate of drug-likeness (QED) is 0.657. The Morgan fingerprint density at radius 1 is 1.31 bits per heavy atom. The molecule has 6 nitrogen and oxygen atoms in total. The molecule has 1 amide bonds. The fraction of sp³-hybridized carbons (Fsp3) is 0.250. The molecule has 0 fully saturated rings. The van der Waals surface area contributed by atoms with Crippen molar-refractivity contribution in [1.82, 2.24) is 15.2 Å². The minimum Gasteiger partial charge on any atom is -0.507 e. The van der Waals surface area contributed by atoms with E-state index in [9.17, 15) is 9.90 Å². The van der Waals surface area contributed by atoms with Crippen LogP contribution in [0.4, 0.5) is 0 Å². The second-order valence-corrected chi connectivity index (χ2v) is 6.44. The van der Waals surface area contributed by atoms with Crippen molar-refractivity contribution in [2.75, 3.05) is 0 Å². The molecule has 2 N–H and O–H groups in total. The van der Waals surface area contributed by atoms with Crippen LogP contribution in [0.15, 0.2) is 47.6 Å². The molecule has 1 aliphatic rings. The molecular formula is C20H22N4O2. The number of hydrogen-bond donors (Lipinski definition) is 2. The van der Waals surface area contributed by atoms with Gasteiger partial charge in [-0.3, -0.25) is 9.48 Å². The van der Waals surface area contributed by atoms with E-state index >= 15 is 0 Å². The van der Waals surface area contributed by atoms with E-state index in [0.29, 0.717) is 5.69 Å². The van der Waals surface area contributed by atoms with Crippen LogP contribution in [0.3, 0.4) is 0 Å². The average Bonchev–Trinajstić information content (AvgIpc) is 3.02. The SMILES string of the molecule is Cc1cc(/C=N/NC(=O)c2cc(C3C=CC=CC3)nn2C)cc(C)c1O. The molecular weight excluding hydrogens is 328 g/mol. The minimum atomic E-state index is -0.315. The van der Waals surface area contributed by atoms with Gasteiger partial charge in [-0.2, -0.15) is 10.2 Å². The lowest BCUT2D eigenvalue weighted by Crippen LogP contribution is -2.20. The monoisotopic (exact) mass is 350 g/mol. The second kappa shape index (κ2) is 7.39. The summed E-state index contributed by atoms with van der Waals surface area (Å²) in [6.45, 7) is 3.65. The number of hydrazone groups is 1. The summed E-state index contributed by atoms with van der Waals surface area (Å²) in [5.41, 5.74) is 6.20. The van der Waals surface area contributed by atoms with Gasteiger partial charge < -0.3 is 5.11 Å². The van der Waals surface area contributed by atoms with Crippen LogP contribution >= 0.6 is 0 Å². The Morgan fingerprint density at radius 2 is 2.04 bits per heavy atom. The van der Waals surface area contributed by atoms with Crippen LogP contribution in [0.25, 0.3) is 0 Å². The fourth-order valence-electron chi connectivity index (χ4n) is 2.97. The number of aromatic hydroxyl groups is 1. The van der Waals surface area contributed by atoms with Gasteiger partial charge in [-0.1, -0.05) is 24.3 Å². The van der Waals surface area contributed by atoms with Gasteiger partial charge in [0.1, 0.15) is 11.4 Å². The summed E-state index contributed by atoms with van der Waals surface area (Å²) in [6.07, 6.45) is 10.6. The normalized spacial score (nSPS) is 16.3. The third-order valence-corrected chi connectivity index (χ3v) is 4.38. The maximum atomic E-state index is 12.4. The number of phenolic OH excluding ortho intramolecular Hbond substituents is 1. The zero-order chi connectivity index (χ0) is 18.7. The molecule has 1 unspecified atom stereocenters. The molecule has 1 aliphatic carbocycles. The first-order valence-electron chi connectivity index (χ1n) is 8.46. The number of rotatable bonds is 4. The van der Waals surface area contributed by atoms with E-state index in [2.05, 4.69) is 27.8 Å². The Morgan fingerprint density at radius 3 is 2.69 bits per heavy atom. The van der Waals surface area contributed by atoms with Gasteiger partial charge in [-0.25, -0.2) is 5.43 Å². The van der Waals surface area contributed by atoms with Gasteiger partial charge in [-0.15, -0.1) is 0 Å². The highest BCUT2D eigenvalue weighted by Gasteiger charge is 2.17. The number of aryl methyl sites for hydroxylation is 3. The van der Waals surface area contributed by atoms with Gasteiger partial charge in [-0.05, 0) is 55.2 Å². The summed E-state index contributed by atoms with van der Waals surface area (Å²) in [4.78, 5) is 12.4. The van der Waals surface area contributed by atoms with Gasteiger partial charge in [0.2, 0.25) is 0 Å². The van der Waals surface area contributed by atoms with Crippen molar-refractivity contribution in [2.24, 2.45) is 12.1 Å². The molecule has 1 atom stereocenters. The highest BCUT2D eigenvalue weighted by molar-refractivity contribution is 5.93. The van der Waals surface area contributed by atoms with Crippen LogP contribution in [0, 0.1) is 13.8 Å². The van der Waals surface area contributed by atoms with Gasteiger partial charge in [0.05, 0.1) is 11.9 Å². The largest absolute Gasteiger partial charge is 0.507 e. The van der Waals surface area contributed by atoms with Gasteiger partial charge in [0, 0.05) is 13.0 Å². The standard InChI is InChI=1S/C20H22N4O2/c1-13-9-15(10-14(2)19(13)25)12-21-22-20(26)18-11-17(23-24(18)3)16-7-5-4-6-8-16/h4-7,9-12,16,25H,8H2,1-3H3,(H,22,26)/b21-12+. The number of nitrogens with zero attached hydrogens (tertiary/aromatic N) is 3. The topological polar surface area (TPSA) is 79.5 Å². The molecule has 3 rings (SSSR count). The first-order chi connectivity index (χ1) is 12.5. The van der Waals surface area contributed by atoms with Crippen LogP contribution in [0.5, 0.6) is 5.75 Å². The third kappa shape index (κ3) is 3.74. The number of hydrogen-bond acceptors (Lipinski definition) is 4. The molecule has 0 saturated heterocycles. The number of carbonyl (C=O) groups excluding carboxylic acids is 1. The Kier molecular flexibility index (Phi) is 5.02. The van der Waals surface area contributed by atoms with Crippen molar-refractivity contribution in [1.29, 1.82) is 0 Å². The van der Waals surface area contributed by atoms with Crippen molar-refractivity contribution in [3.05, 3.63) is 70.6 Å². The summed E-state index contributed by atoms with van der Waals surface area (Å²) >= 11 is 0. The molecule has 134 valence electrons. The summed E-state index contributed by atoms with van der Waals surface area (Å²) < 4.78 is 1.57. The number of aromatic nitrogens is 2. The molecule has 1 heterocycles. The molecule has 0 aliphatic heterocycles. The van der Waals surface area contributed by atoms with Crippen molar-refractivity contribution in [2.45, 2.75) is 26.2 Å². The lowest BCUT2D eigenvalue weighted by Gasteiger charge is -2.08. The summed E-state index contributed by atoms with van der Waals surface area (Å²) in [6, 6.07) is 5.42. The number of nitrogens with one attached hydrogen (secondary N) is 1. The van der Waals surface area contributed by atoms with E-state index in [1.165, 1.54) is 0 Å². The van der Waals surface area contributed by atoms with Crippen LogP contribution in [-0.4, -0.2) is 27.0 Å². The summed E-state index contributed by atoms with van der Waals surface area (Å²) in [7, 11) is 1.75. The van der Waals surface area contributed by atoms with Crippen LogP contribution < -0.4 is 5.43 Å². The lowest BCUT2D eigenvalue weighted by molar-refractivity contribution is 0.0945. The molecule has 2 aromatic rings. The van der Waals surface area contributed by atoms with Gasteiger partial charge >= 0.3 is 0 Å².